The van der Waals surface area contributed by atoms with Crippen LogP contribution in [0, 0.1) is 17.7 Å². The van der Waals surface area contributed by atoms with Crippen LogP contribution in [0.4, 0.5) is 4.39 Å². The van der Waals surface area contributed by atoms with E-state index < -0.39 is 5.82 Å². The summed E-state index contributed by atoms with van der Waals surface area (Å²) in [6.07, 6.45) is 11.0. The maximum atomic E-state index is 14.0. The van der Waals surface area contributed by atoms with Crippen molar-refractivity contribution in [2.24, 2.45) is 11.8 Å². The number of rotatable bonds is 6. The molecule has 31 heavy (non-hydrogen) atoms. The first kappa shape index (κ1) is 22.3. The fourth-order valence-corrected chi connectivity index (χ4v) is 5.70. The van der Waals surface area contributed by atoms with Crippen molar-refractivity contribution in [1.82, 2.24) is 15.1 Å². The molecule has 0 unspecified atom stereocenters. The van der Waals surface area contributed by atoms with E-state index in [1.165, 1.54) is 51.0 Å². The number of hydrogen-bond acceptors (Lipinski definition) is 3. The molecule has 1 aromatic rings. The molecular formula is C25H36FN3O2. The highest BCUT2D eigenvalue weighted by atomic mass is 19.1. The van der Waals surface area contributed by atoms with Crippen molar-refractivity contribution in [3.8, 4) is 0 Å². The van der Waals surface area contributed by atoms with Gasteiger partial charge in [-0.1, -0.05) is 44.2 Å². The highest BCUT2D eigenvalue weighted by molar-refractivity contribution is 5.94. The van der Waals surface area contributed by atoms with Gasteiger partial charge in [0.25, 0.3) is 5.91 Å². The Kier molecular flexibility index (Phi) is 7.59. The van der Waals surface area contributed by atoms with Crippen molar-refractivity contribution < 1.29 is 14.0 Å². The Morgan fingerprint density at radius 1 is 0.935 bits per heavy atom. The van der Waals surface area contributed by atoms with E-state index in [0.717, 1.165) is 19.4 Å². The van der Waals surface area contributed by atoms with Crippen LogP contribution in [0.2, 0.25) is 0 Å². The normalized spacial score (nSPS) is 22.4. The molecule has 1 atom stereocenters. The van der Waals surface area contributed by atoms with E-state index >= 15 is 0 Å². The Balaban J connectivity index is 1.36. The molecule has 1 saturated heterocycles. The van der Waals surface area contributed by atoms with E-state index in [0.29, 0.717) is 38.0 Å². The molecule has 0 bridgehead atoms. The second kappa shape index (κ2) is 10.6. The van der Waals surface area contributed by atoms with Crippen LogP contribution in [0.25, 0.3) is 0 Å². The van der Waals surface area contributed by atoms with Gasteiger partial charge in [0.05, 0.1) is 11.6 Å². The largest absolute Gasteiger partial charge is 0.354 e. The molecule has 0 spiro atoms. The molecule has 2 saturated carbocycles. The standard InChI is InChI=1S/C25H36FN3O2/c26-22-13-7-6-12-21(22)25(31)29-16-14-28(15-17-29)23(20-10-4-5-11-20)24(30)27-18-19-8-2-1-3-9-19/h6-7,12-13,19-20,23H,1-5,8-11,14-18H2,(H,27,30)/t23-/m1/s1. The van der Waals surface area contributed by atoms with Gasteiger partial charge >= 0.3 is 0 Å². The minimum atomic E-state index is -0.471. The van der Waals surface area contributed by atoms with E-state index in [9.17, 15) is 14.0 Å². The van der Waals surface area contributed by atoms with E-state index in [-0.39, 0.29) is 23.4 Å². The second-order valence-corrected chi connectivity index (χ2v) is 9.55. The SMILES string of the molecule is O=C(NCC1CCCCC1)[C@@H](C1CCCC1)N1CCN(C(=O)c2ccccc2F)CC1. The molecule has 0 radical (unpaired) electrons. The molecule has 1 heterocycles. The van der Waals surface area contributed by atoms with Crippen LogP contribution in [0.15, 0.2) is 24.3 Å². The topological polar surface area (TPSA) is 52.7 Å². The van der Waals surface area contributed by atoms with Crippen LogP contribution in [0.5, 0.6) is 0 Å². The lowest BCUT2D eigenvalue weighted by Gasteiger charge is -2.41. The van der Waals surface area contributed by atoms with Gasteiger partial charge in [0.1, 0.15) is 5.82 Å². The van der Waals surface area contributed by atoms with Crippen LogP contribution in [0.1, 0.15) is 68.1 Å². The zero-order chi connectivity index (χ0) is 21.6. The Labute approximate surface area is 185 Å². The van der Waals surface area contributed by atoms with Crippen molar-refractivity contribution in [2.45, 2.75) is 63.8 Å². The molecule has 2 amide bonds. The number of benzene rings is 1. The van der Waals surface area contributed by atoms with Crippen molar-refractivity contribution in [1.29, 1.82) is 0 Å². The maximum Gasteiger partial charge on any atom is 0.256 e. The van der Waals surface area contributed by atoms with Crippen molar-refractivity contribution >= 4 is 11.8 Å². The zero-order valence-corrected chi connectivity index (χ0v) is 18.5. The van der Waals surface area contributed by atoms with Crippen LogP contribution < -0.4 is 5.32 Å². The lowest BCUT2D eigenvalue weighted by atomic mass is 9.89. The molecule has 3 fully saturated rings. The molecular weight excluding hydrogens is 393 g/mol. The van der Waals surface area contributed by atoms with Gasteiger partial charge in [-0.05, 0) is 49.7 Å². The zero-order valence-electron chi connectivity index (χ0n) is 18.5. The predicted octanol–water partition coefficient (Wildman–Crippen LogP) is 3.84. The van der Waals surface area contributed by atoms with Crippen molar-refractivity contribution in [3.05, 3.63) is 35.6 Å². The summed E-state index contributed by atoms with van der Waals surface area (Å²) in [6, 6.07) is 6.07. The predicted molar refractivity (Wildman–Crippen MR) is 119 cm³/mol. The number of piperazine rings is 1. The van der Waals surface area contributed by atoms with E-state index in [2.05, 4.69) is 10.2 Å². The lowest BCUT2D eigenvalue weighted by molar-refractivity contribution is -0.129. The summed E-state index contributed by atoms with van der Waals surface area (Å²) in [5.74, 6) is 0.474. The highest BCUT2D eigenvalue weighted by Gasteiger charge is 2.37. The number of carbonyl (C=O) groups excluding carboxylic acids is 2. The van der Waals surface area contributed by atoms with Crippen molar-refractivity contribution in [3.63, 3.8) is 0 Å². The quantitative estimate of drug-likeness (QED) is 0.748. The van der Waals surface area contributed by atoms with Gasteiger partial charge in [-0.2, -0.15) is 0 Å². The third-order valence-corrected chi connectivity index (χ3v) is 7.50. The summed E-state index contributed by atoms with van der Waals surface area (Å²) >= 11 is 0. The highest BCUT2D eigenvalue weighted by Crippen LogP contribution is 2.31. The Morgan fingerprint density at radius 3 is 2.26 bits per heavy atom. The minimum absolute atomic E-state index is 0.100. The number of nitrogens with one attached hydrogen (secondary N) is 1. The second-order valence-electron chi connectivity index (χ2n) is 9.55. The Hall–Kier alpha value is -1.95. The minimum Gasteiger partial charge on any atom is -0.354 e. The monoisotopic (exact) mass is 429 g/mol. The fraction of sp³-hybridized carbons (Fsp3) is 0.680. The van der Waals surface area contributed by atoms with E-state index in [1.807, 2.05) is 0 Å². The average molecular weight is 430 g/mol. The first-order valence-corrected chi connectivity index (χ1v) is 12.2. The first-order chi connectivity index (χ1) is 15.1. The van der Waals surface area contributed by atoms with Crippen LogP contribution in [-0.2, 0) is 4.79 Å². The Bertz CT molecular complexity index is 751. The third kappa shape index (κ3) is 5.46. The van der Waals surface area contributed by atoms with Gasteiger partial charge in [0.15, 0.2) is 0 Å². The summed E-state index contributed by atoms with van der Waals surface area (Å²) in [4.78, 5) is 30.0. The summed E-state index contributed by atoms with van der Waals surface area (Å²) < 4.78 is 14.0. The summed E-state index contributed by atoms with van der Waals surface area (Å²) in [5.41, 5.74) is 0.133. The number of nitrogens with zero attached hydrogens (tertiary/aromatic N) is 2. The van der Waals surface area contributed by atoms with Gasteiger partial charge in [0, 0.05) is 32.7 Å². The number of amides is 2. The molecule has 2 aliphatic carbocycles. The Morgan fingerprint density at radius 2 is 1.58 bits per heavy atom. The van der Waals surface area contributed by atoms with Crippen LogP contribution in [0.3, 0.4) is 0 Å². The van der Waals surface area contributed by atoms with Gasteiger partial charge < -0.3 is 10.2 Å². The molecule has 0 aromatic heterocycles. The average Bonchev–Trinajstić information content (AvgIpc) is 3.33. The van der Waals surface area contributed by atoms with Gasteiger partial charge in [-0.25, -0.2) is 4.39 Å². The number of hydrogen-bond donors (Lipinski definition) is 1. The summed E-state index contributed by atoms with van der Waals surface area (Å²) in [6.45, 7) is 3.20. The van der Waals surface area contributed by atoms with Gasteiger partial charge in [-0.15, -0.1) is 0 Å². The molecule has 4 rings (SSSR count). The number of carbonyl (C=O) groups is 2. The smallest absolute Gasteiger partial charge is 0.256 e. The third-order valence-electron chi connectivity index (χ3n) is 7.50. The fourth-order valence-electron chi connectivity index (χ4n) is 5.70. The molecule has 5 nitrogen and oxygen atoms in total. The lowest BCUT2D eigenvalue weighted by Crippen LogP contribution is -2.58. The van der Waals surface area contributed by atoms with Crippen molar-refractivity contribution in [2.75, 3.05) is 32.7 Å². The van der Waals surface area contributed by atoms with Gasteiger partial charge in [0.2, 0.25) is 5.91 Å². The molecule has 1 aliphatic heterocycles. The summed E-state index contributed by atoms with van der Waals surface area (Å²) in [5, 5.41) is 3.28. The molecule has 1 N–H and O–H groups in total. The summed E-state index contributed by atoms with van der Waals surface area (Å²) in [7, 11) is 0. The van der Waals surface area contributed by atoms with Crippen LogP contribution >= 0.6 is 0 Å². The molecule has 1 aromatic carbocycles. The molecule has 6 heteroatoms. The van der Waals surface area contributed by atoms with E-state index in [4.69, 9.17) is 0 Å². The van der Waals surface area contributed by atoms with Gasteiger partial charge in [-0.3, -0.25) is 14.5 Å². The molecule has 3 aliphatic rings. The van der Waals surface area contributed by atoms with Crippen LogP contribution in [-0.4, -0.2) is 60.4 Å². The van der Waals surface area contributed by atoms with E-state index in [1.54, 1.807) is 23.1 Å². The first-order valence-electron chi connectivity index (χ1n) is 12.2. The molecule has 170 valence electrons. The number of halogens is 1. The maximum absolute atomic E-state index is 14.0.